The predicted molar refractivity (Wildman–Crippen MR) is 148 cm³/mol. The predicted octanol–water partition coefficient (Wildman–Crippen LogP) is 2.20. The maximum Gasteiger partial charge on any atom is 0.248 e. The van der Waals surface area contributed by atoms with Gasteiger partial charge in [-0.05, 0) is 95.9 Å². The van der Waals surface area contributed by atoms with Crippen molar-refractivity contribution in [2.24, 2.45) is 0 Å². The number of likely N-dealkylation sites (tertiary alicyclic amines) is 1. The van der Waals surface area contributed by atoms with E-state index in [9.17, 15) is 13.2 Å². The maximum absolute atomic E-state index is 14.1. The Kier molecular flexibility index (Phi) is 9.73. The monoisotopic (exact) mass is 550 g/mol. The van der Waals surface area contributed by atoms with Crippen LogP contribution in [0.1, 0.15) is 49.7 Å². The molecule has 0 radical (unpaired) electrons. The van der Waals surface area contributed by atoms with Crippen LogP contribution in [0.15, 0.2) is 17.0 Å². The van der Waals surface area contributed by atoms with Crippen LogP contribution in [-0.4, -0.2) is 113 Å². The lowest BCUT2D eigenvalue weighted by atomic mass is 10.0. The van der Waals surface area contributed by atoms with Gasteiger partial charge >= 0.3 is 0 Å². The summed E-state index contributed by atoms with van der Waals surface area (Å²) in [5, 5.41) is 3.34. The van der Waals surface area contributed by atoms with Crippen molar-refractivity contribution in [1.29, 1.82) is 0 Å². The summed E-state index contributed by atoms with van der Waals surface area (Å²) in [7, 11) is 0.0581. The molecule has 3 aliphatic rings. The van der Waals surface area contributed by atoms with E-state index in [1.807, 2.05) is 18.7 Å². The fourth-order valence-electron chi connectivity index (χ4n) is 6.35. The Balaban J connectivity index is 1.32. The molecule has 0 unspecified atom stereocenters. The van der Waals surface area contributed by atoms with Crippen molar-refractivity contribution >= 4 is 15.7 Å². The van der Waals surface area contributed by atoms with E-state index >= 15 is 0 Å². The Bertz CT molecular complexity index is 1030. The highest BCUT2D eigenvalue weighted by Gasteiger charge is 2.46. The summed E-state index contributed by atoms with van der Waals surface area (Å²) in [6.45, 7) is 10.0. The first kappa shape index (κ1) is 29.3. The zero-order chi connectivity index (χ0) is 27.3. The van der Waals surface area contributed by atoms with Gasteiger partial charge in [-0.2, -0.15) is 0 Å². The van der Waals surface area contributed by atoms with Crippen LogP contribution in [0.25, 0.3) is 0 Å². The molecule has 9 nitrogen and oxygen atoms in total. The van der Waals surface area contributed by atoms with Gasteiger partial charge in [0.05, 0.1) is 18.6 Å². The van der Waals surface area contributed by atoms with Crippen LogP contribution in [0.4, 0.5) is 0 Å². The third-order valence-electron chi connectivity index (χ3n) is 8.65. The number of methoxy groups -OCH3 is 1. The third kappa shape index (κ3) is 6.36. The normalized spacial score (nSPS) is 24.5. The largest absolute Gasteiger partial charge is 0.497 e. The Labute approximate surface area is 228 Å². The number of piperazine rings is 1. The number of carbonyl (C=O) groups excluding carboxylic acids is 1. The molecule has 0 saturated carbocycles. The number of hydrogen-bond donors (Lipinski definition) is 1. The molecule has 38 heavy (non-hydrogen) atoms. The fraction of sp³-hybridized carbons (Fsp3) is 0.750. The Morgan fingerprint density at radius 3 is 2.29 bits per heavy atom. The van der Waals surface area contributed by atoms with Gasteiger partial charge in [0.25, 0.3) is 0 Å². The van der Waals surface area contributed by atoms with E-state index in [2.05, 4.69) is 22.2 Å². The van der Waals surface area contributed by atoms with Gasteiger partial charge in [-0.15, -0.1) is 0 Å². The quantitative estimate of drug-likeness (QED) is 0.468. The molecule has 0 aromatic heterocycles. The molecule has 214 valence electrons. The number of benzene rings is 1. The number of amides is 1. The molecule has 3 fully saturated rings. The molecule has 1 aromatic carbocycles. The smallest absolute Gasteiger partial charge is 0.248 e. The summed E-state index contributed by atoms with van der Waals surface area (Å²) < 4.78 is 39.3. The van der Waals surface area contributed by atoms with Gasteiger partial charge in [0.2, 0.25) is 5.91 Å². The van der Waals surface area contributed by atoms with Gasteiger partial charge in [-0.25, -0.2) is 8.42 Å². The minimum absolute atomic E-state index is 0.00899. The van der Waals surface area contributed by atoms with Crippen LogP contribution in [0.2, 0.25) is 0 Å². The minimum Gasteiger partial charge on any atom is -0.497 e. The molecule has 3 saturated heterocycles. The Morgan fingerprint density at radius 2 is 1.71 bits per heavy atom. The lowest BCUT2D eigenvalue weighted by Crippen LogP contribution is -2.55. The van der Waals surface area contributed by atoms with Crippen molar-refractivity contribution in [3.63, 3.8) is 0 Å². The lowest BCUT2D eigenvalue weighted by molar-refractivity contribution is -0.138. The number of ether oxygens (including phenoxy) is 2. The SMILES string of the molecule is COc1cc(C)c(S(=O)(=O)[C@]2(CCOCC(=O)N3CCN(C4CCN(C)CC4)CC3)CCCCN2)c(C)c1. The summed E-state index contributed by atoms with van der Waals surface area (Å²) in [6.07, 6.45) is 5.00. The van der Waals surface area contributed by atoms with Crippen molar-refractivity contribution in [2.75, 3.05) is 73.2 Å². The molecule has 3 aliphatic heterocycles. The summed E-state index contributed by atoms with van der Waals surface area (Å²) in [5.74, 6) is 0.641. The van der Waals surface area contributed by atoms with Crippen molar-refractivity contribution in [2.45, 2.75) is 68.2 Å². The van der Waals surface area contributed by atoms with Gasteiger partial charge in [-0.1, -0.05) is 0 Å². The maximum atomic E-state index is 14.1. The van der Waals surface area contributed by atoms with E-state index in [1.54, 1.807) is 19.2 Å². The van der Waals surface area contributed by atoms with E-state index in [0.29, 0.717) is 47.2 Å². The molecule has 0 aliphatic carbocycles. The molecule has 1 atom stereocenters. The molecule has 0 bridgehead atoms. The van der Waals surface area contributed by atoms with Gasteiger partial charge < -0.3 is 19.3 Å². The zero-order valence-electron chi connectivity index (χ0n) is 23.6. The van der Waals surface area contributed by atoms with Crippen molar-refractivity contribution in [3.8, 4) is 5.75 Å². The van der Waals surface area contributed by atoms with Gasteiger partial charge in [-0.3, -0.25) is 15.0 Å². The third-order valence-corrected chi connectivity index (χ3v) is 11.4. The van der Waals surface area contributed by atoms with E-state index < -0.39 is 14.7 Å². The number of nitrogens with zero attached hydrogens (tertiary/aromatic N) is 3. The number of aryl methyl sites for hydroxylation is 2. The number of sulfone groups is 1. The summed E-state index contributed by atoms with van der Waals surface area (Å²) >= 11 is 0. The second kappa shape index (κ2) is 12.6. The summed E-state index contributed by atoms with van der Waals surface area (Å²) in [4.78, 5) is 18.9. The highest BCUT2D eigenvalue weighted by Crippen LogP contribution is 2.38. The van der Waals surface area contributed by atoms with Crippen molar-refractivity contribution in [3.05, 3.63) is 23.3 Å². The molecular formula is C28H46N4O5S. The topological polar surface area (TPSA) is 91.4 Å². The van der Waals surface area contributed by atoms with Crippen LogP contribution in [0.3, 0.4) is 0 Å². The summed E-state index contributed by atoms with van der Waals surface area (Å²) in [6, 6.07) is 4.18. The molecule has 10 heteroatoms. The molecule has 1 N–H and O–H groups in total. The Hall–Kier alpha value is -1.72. The molecule has 3 heterocycles. The molecule has 0 spiro atoms. The average Bonchev–Trinajstić information content (AvgIpc) is 2.91. The molecule has 1 amide bonds. The second-order valence-electron chi connectivity index (χ2n) is 11.2. The molecule has 1 aromatic rings. The van der Waals surface area contributed by atoms with Gasteiger partial charge in [0, 0.05) is 38.6 Å². The van der Waals surface area contributed by atoms with Crippen molar-refractivity contribution in [1.82, 2.24) is 20.0 Å². The number of hydrogen-bond acceptors (Lipinski definition) is 8. The number of rotatable bonds is 9. The van der Waals surface area contributed by atoms with E-state index in [-0.39, 0.29) is 19.1 Å². The van der Waals surface area contributed by atoms with Gasteiger partial charge in [0.1, 0.15) is 17.2 Å². The highest BCUT2D eigenvalue weighted by atomic mass is 32.2. The minimum atomic E-state index is -3.70. The van der Waals surface area contributed by atoms with Crippen LogP contribution in [0.5, 0.6) is 5.75 Å². The number of piperidine rings is 2. The highest BCUT2D eigenvalue weighted by molar-refractivity contribution is 7.93. The molecule has 4 rings (SSSR count). The number of nitrogens with one attached hydrogen (secondary N) is 1. The fourth-order valence-corrected chi connectivity index (χ4v) is 8.76. The standard InChI is InChI=1S/C28H46N4O5S/c1-22-19-25(36-4)20-23(2)27(22)38(34,35)28(9-5-6-11-29-28)10-18-37-21-26(33)32-16-14-31(15-17-32)24-7-12-30(3)13-8-24/h19-20,24,29H,5-18,21H2,1-4H3/t28-/m0/s1. The summed E-state index contributed by atoms with van der Waals surface area (Å²) in [5.41, 5.74) is 1.37. The van der Waals surface area contributed by atoms with E-state index in [1.165, 1.54) is 12.8 Å². The first-order valence-corrected chi connectivity index (χ1v) is 15.6. The van der Waals surface area contributed by atoms with Crippen LogP contribution in [-0.2, 0) is 19.4 Å². The molecular weight excluding hydrogens is 504 g/mol. The lowest BCUT2D eigenvalue weighted by Gasteiger charge is -2.42. The van der Waals surface area contributed by atoms with Crippen molar-refractivity contribution < 1.29 is 22.7 Å². The average molecular weight is 551 g/mol. The van der Waals surface area contributed by atoms with Crippen LogP contribution in [0, 0.1) is 13.8 Å². The zero-order valence-corrected chi connectivity index (χ0v) is 24.4. The van der Waals surface area contributed by atoms with E-state index in [0.717, 1.165) is 52.1 Å². The van der Waals surface area contributed by atoms with Gasteiger partial charge in [0.15, 0.2) is 9.84 Å². The first-order chi connectivity index (χ1) is 18.2. The van der Waals surface area contributed by atoms with E-state index in [4.69, 9.17) is 9.47 Å². The van der Waals surface area contributed by atoms with Crippen LogP contribution >= 0.6 is 0 Å². The Morgan fingerprint density at radius 1 is 1.05 bits per heavy atom. The second-order valence-corrected chi connectivity index (χ2v) is 13.4. The first-order valence-electron chi connectivity index (χ1n) is 14.1. The van der Waals surface area contributed by atoms with Crippen LogP contribution < -0.4 is 10.1 Å². The number of carbonyl (C=O) groups is 1.